The lowest BCUT2D eigenvalue weighted by Gasteiger charge is -2.36. The van der Waals surface area contributed by atoms with E-state index in [9.17, 15) is 0 Å². The average molecular weight is 237 g/mol. The molecule has 0 spiro atoms. The Bertz CT molecular complexity index is 383. The molecular formula is C12H23N5. The highest BCUT2D eigenvalue weighted by Crippen LogP contribution is 2.26. The fourth-order valence-corrected chi connectivity index (χ4v) is 1.59. The highest BCUT2D eigenvalue weighted by atomic mass is 15.3. The molecular weight excluding hydrogens is 214 g/mol. The van der Waals surface area contributed by atoms with Crippen molar-refractivity contribution in [2.75, 3.05) is 17.4 Å². The molecule has 0 aromatic carbocycles. The van der Waals surface area contributed by atoms with Crippen LogP contribution in [0.2, 0.25) is 0 Å². The molecule has 0 amide bonds. The minimum Gasteiger partial charge on any atom is -0.356 e. The fraction of sp³-hybridized carbons (Fsp3) is 0.667. The Labute approximate surface area is 103 Å². The Morgan fingerprint density at radius 3 is 2.41 bits per heavy atom. The summed E-state index contributed by atoms with van der Waals surface area (Å²) in [4.78, 5) is 10.8. The number of hydrogen-bond acceptors (Lipinski definition) is 5. The van der Waals surface area contributed by atoms with E-state index in [-0.39, 0.29) is 5.41 Å². The predicted molar refractivity (Wildman–Crippen MR) is 71.9 cm³/mol. The monoisotopic (exact) mass is 237 g/mol. The third-order valence-corrected chi connectivity index (χ3v) is 3.17. The molecule has 5 heteroatoms. The maximum atomic E-state index is 5.39. The van der Waals surface area contributed by atoms with Gasteiger partial charge in [0, 0.05) is 19.2 Å². The number of nitrogens with one attached hydrogen (secondary N) is 1. The third kappa shape index (κ3) is 3.30. The molecule has 1 rings (SSSR count). The van der Waals surface area contributed by atoms with E-state index in [1.807, 2.05) is 20.0 Å². The largest absolute Gasteiger partial charge is 0.356 e. The van der Waals surface area contributed by atoms with Gasteiger partial charge in [0.15, 0.2) is 0 Å². The van der Waals surface area contributed by atoms with E-state index in [1.54, 1.807) is 0 Å². The summed E-state index contributed by atoms with van der Waals surface area (Å²) in [6, 6.07) is 2.22. The molecule has 0 fully saturated rings. The van der Waals surface area contributed by atoms with Gasteiger partial charge in [0.1, 0.15) is 17.5 Å². The first kappa shape index (κ1) is 13.7. The number of anilines is 2. The topological polar surface area (TPSA) is 67.1 Å². The number of rotatable bonds is 3. The van der Waals surface area contributed by atoms with E-state index >= 15 is 0 Å². The van der Waals surface area contributed by atoms with Gasteiger partial charge in [0.2, 0.25) is 0 Å². The normalized spacial score (nSPS) is 13.4. The van der Waals surface area contributed by atoms with Crippen molar-refractivity contribution in [3.05, 3.63) is 11.9 Å². The highest BCUT2D eigenvalue weighted by Gasteiger charge is 2.25. The van der Waals surface area contributed by atoms with Gasteiger partial charge in [-0.25, -0.2) is 15.8 Å². The summed E-state index contributed by atoms with van der Waals surface area (Å²) in [5.74, 6) is 7.62. The maximum Gasteiger partial charge on any atom is 0.145 e. The summed E-state index contributed by atoms with van der Waals surface area (Å²) in [5.41, 5.74) is 2.75. The zero-order valence-electron chi connectivity index (χ0n) is 11.6. The summed E-state index contributed by atoms with van der Waals surface area (Å²) in [5, 5.41) is 0. The summed E-state index contributed by atoms with van der Waals surface area (Å²) in [7, 11) is 2.04. The number of aryl methyl sites for hydroxylation is 1. The van der Waals surface area contributed by atoms with Crippen LogP contribution in [0.15, 0.2) is 6.07 Å². The Morgan fingerprint density at radius 1 is 1.35 bits per heavy atom. The van der Waals surface area contributed by atoms with Gasteiger partial charge < -0.3 is 10.3 Å². The molecule has 1 aromatic heterocycles. The van der Waals surface area contributed by atoms with E-state index in [1.165, 1.54) is 0 Å². The first-order chi connectivity index (χ1) is 7.75. The highest BCUT2D eigenvalue weighted by molar-refractivity contribution is 5.49. The van der Waals surface area contributed by atoms with Gasteiger partial charge in [-0.1, -0.05) is 20.8 Å². The van der Waals surface area contributed by atoms with Crippen LogP contribution < -0.4 is 16.2 Å². The van der Waals surface area contributed by atoms with Crippen molar-refractivity contribution in [2.24, 2.45) is 11.3 Å². The molecule has 1 unspecified atom stereocenters. The first-order valence-electron chi connectivity index (χ1n) is 5.81. The second kappa shape index (κ2) is 4.87. The Hall–Kier alpha value is -1.36. The lowest BCUT2D eigenvalue weighted by molar-refractivity contribution is 0.328. The quantitative estimate of drug-likeness (QED) is 0.621. The molecule has 1 heterocycles. The van der Waals surface area contributed by atoms with Crippen molar-refractivity contribution in [2.45, 2.75) is 40.7 Å². The van der Waals surface area contributed by atoms with Crippen LogP contribution in [0.5, 0.6) is 0 Å². The van der Waals surface area contributed by atoms with Crippen LogP contribution in [0.4, 0.5) is 11.6 Å². The van der Waals surface area contributed by atoms with Gasteiger partial charge in [-0.2, -0.15) is 0 Å². The lowest BCUT2D eigenvalue weighted by Crippen LogP contribution is -2.40. The average Bonchev–Trinajstić information content (AvgIpc) is 2.24. The molecule has 1 atom stereocenters. The van der Waals surface area contributed by atoms with E-state index in [4.69, 9.17) is 5.84 Å². The molecule has 96 valence electrons. The number of hydrazine groups is 1. The molecule has 17 heavy (non-hydrogen) atoms. The fourth-order valence-electron chi connectivity index (χ4n) is 1.59. The molecule has 0 bridgehead atoms. The lowest BCUT2D eigenvalue weighted by atomic mass is 9.87. The Balaban J connectivity index is 3.03. The minimum absolute atomic E-state index is 0.184. The first-order valence-corrected chi connectivity index (χ1v) is 5.81. The minimum atomic E-state index is 0.184. The van der Waals surface area contributed by atoms with Crippen LogP contribution in [0.3, 0.4) is 0 Å². The predicted octanol–water partition coefficient (Wildman–Crippen LogP) is 1.94. The van der Waals surface area contributed by atoms with E-state index < -0.39 is 0 Å². The Kier molecular flexibility index (Phi) is 3.93. The van der Waals surface area contributed by atoms with Crippen molar-refractivity contribution in [1.82, 2.24) is 9.97 Å². The van der Waals surface area contributed by atoms with Crippen LogP contribution in [-0.4, -0.2) is 23.1 Å². The second-order valence-electron chi connectivity index (χ2n) is 5.46. The van der Waals surface area contributed by atoms with Gasteiger partial charge in [0.05, 0.1) is 0 Å². The van der Waals surface area contributed by atoms with Crippen LogP contribution in [-0.2, 0) is 0 Å². The second-order valence-corrected chi connectivity index (χ2v) is 5.46. The number of nitrogens with two attached hydrogens (primary N) is 1. The van der Waals surface area contributed by atoms with Crippen molar-refractivity contribution in [3.63, 3.8) is 0 Å². The van der Waals surface area contributed by atoms with Crippen LogP contribution in [0, 0.1) is 12.3 Å². The van der Waals surface area contributed by atoms with Crippen molar-refractivity contribution < 1.29 is 0 Å². The van der Waals surface area contributed by atoms with E-state index in [0.29, 0.717) is 17.7 Å². The zero-order chi connectivity index (χ0) is 13.2. The van der Waals surface area contributed by atoms with Crippen molar-refractivity contribution in [1.29, 1.82) is 0 Å². The van der Waals surface area contributed by atoms with E-state index in [2.05, 4.69) is 48.0 Å². The standard InChI is InChI=1S/C12H23N5/c1-8(12(3,4)5)17(6)11-7-10(16-13)14-9(2)15-11/h7-8H,13H2,1-6H3,(H,14,15,16). The Morgan fingerprint density at radius 2 is 1.94 bits per heavy atom. The summed E-state index contributed by atoms with van der Waals surface area (Å²) < 4.78 is 0. The molecule has 5 nitrogen and oxygen atoms in total. The summed E-state index contributed by atoms with van der Waals surface area (Å²) in [6.45, 7) is 10.7. The number of nitrogens with zero attached hydrogens (tertiary/aromatic N) is 3. The molecule has 0 aliphatic rings. The van der Waals surface area contributed by atoms with Gasteiger partial charge in [-0.3, -0.25) is 0 Å². The van der Waals surface area contributed by atoms with Crippen molar-refractivity contribution in [3.8, 4) is 0 Å². The molecule has 0 aliphatic heterocycles. The van der Waals surface area contributed by atoms with E-state index in [0.717, 1.165) is 5.82 Å². The molecule has 0 saturated heterocycles. The van der Waals surface area contributed by atoms with Gasteiger partial charge in [-0.05, 0) is 19.3 Å². The van der Waals surface area contributed by atoms with Crippen LogP contribution >= 0.6 is 0 Å². The van der Waals surface area contributed by atoms with Crippen molar-refractivity contribution >= 4 is 11.6 Å². The molecule has 0 aliphatic carbocycles. The molecule has 1 aromatic rings. The van der Waals surface area contributed by atoms with Crippen LogP contribution in [0.25, 0.3) is 0 Å². The smallest absolute Gasteiger partial charge is 0.145 e. The molecule has 0 radical (unpaired) electrons. The maximum absolute atomic E-state index is 5.39. The van der Waals surface area contributed by atoms with Gasteiger partial charge in [0.25, 0.3) is 0 Å². The molecule has 3 N–H and O–H groups in total. The number of hydrogen-bond donors (Lipinski definition) is 2. The number of nitrogen functional groups attached to an aromatic ring is 1. The zero-order valence-corrected chi connectivity index (χ0v) is 11.6. The number of aromatic nitrogens is 2. The third-order valence-electron chi connectivity index (χ3n) is 3.17. The molecule has 0 saturated carbocycles. The SMILES string of the molecule is Cc1nc(NN)cc(N(C)C(C)C(C)(C)C)n1. The van der Waals surface area contributed by atoms with Crippen LogP contribution in [0.1, 0.15) is 33.5 Å². The van der Waals surface area contributed by atoms with Gasteiger partial charge in [-0.15, -0.1) is 0 Å². The van der Waals surface area contributed by atoms with Gasteiger partial charge >= 0.3 is 0 Å². The summed E-state index contributed by atoms with van der Waals surface area (Å²) in [6.07, 6.45) is 0. The summed E-state index contributed by atoms with van der Waals surface area (Å²) >= 11 is 0.